The number of carbonyl (C=O) groups is 11. The molecule has 0 aliphatic rings. The topological polar surface area (TPSA) is 541 Å². The Balaban J connectivity index is 1.63. The van der Waals surface area contributed by atoms with E-state index in [1.54, 1.807) is 30.3 Å². The number of carbonyl (C=O) groups excluding carboxylic acids is 9. The molecule has 4 rings (SSSR count). The number of nitrogens with two attached hydrogens (primary N) is 5. The van der Waals surface area contributed by atoms with Gasteiger partial charge in [0.2, 0.25) is 53.2 Å². The molecule has 8 atom stereocenters. The van der Waals surface area contributed by atoms with Crippen LogP contribution in [0.1, 0.15) is 61.2 Å². The van der Waals surface area contributed by atoms with Gasteiger partial charge in [-0.25, -0.2) is 19.7 Å². The maximum atomic E-state index is 14.5. The zero-order valence-electron chi connectivity index (χ0n) is 41.8. The highest BCUT2D eigenvalue weighted by Crippen LogP contribution is 2.11. The van der Waals surface area contributed by atoms with Crippen LogP contribution in [0.25, 0.3) is 0 Å². The fourth-order valence-electron chi connectivity index (χ4n) is 7.46. The summed E-state index contributed by atoms with van der Waals surface area (Å²) in [6.07, 6.45) is 4.20. The lowest BCUT2D eigenvalue weighted by molar-refractivity contribution is -0.142. The summed E-state index contributed by atoms with van der Waals surface area (Å²) in [4.78, 5) is 169. The number of aromatic nitrogens is 6. The molecule has 0 bridgehead atoms. The number of carboxylic acids is 2. The van der Waals surface area contributed by atoms with E-state index < -0.39 is 139 Å². The predicted molar refractivity (Wildman–Crippen MR) is 271 cm³/mol. The minimum atomic E-state index is -1.86. The highest BCUT2D eigenvalue weighted by atomic mass is 16.4. The van der Waals surface area contributed by atoms with Crippen LogP contribution in [0.4, 0.5) is 0 Å². The van der Waals surface area contributed by atoms with Gasteiger partial charge in [0.25, 0.3) is 0 Å². The van der Waals surface area contributed by atoms with E-state index in [2.05, 4.69) is 72.1 Å². The van der Waals surface area contributed by atoms with Crippen molar-refractivity contribution in [1.29, 1.82) is 0 Å². The third-order valence-electron chi connectivity index (χ3n) is 11.4. The van der Waals surface area contributed by atoms with Crippen molar-refractivity contribution < 1.29 is 63.0 Å². The second-order valence-electron chi connectivity index (χ2n) is 17.6. The molecule has 0 spiro atoms. The zero-order valence-corrected chi connectivity index (χ0v) is 41.8. The van der Waals surface area contributed by atoms with E-state index in [0.29, 0.717) is 11.3 Å². The fraction of sp³-hybridized carbons (Fsp3) is 0.413. The number of aliphatic imine (C=N–C) groups is 1. The molecule has 1 aromatic carbocycles. The van der Waals surface area contributed by atoms with Crippen molar-refractivity contribution in [2.45, 2.75) is 113 Å². The van der Waals surface area contributed by atoms with E-state index in [0.717, 1.165) is 0 Å². The highest BCUT2D eigenvalue weighted by Gasteiger charge is 2.36. The molecule has 9 amide bonds. The standard InChI is InChI=1S/C46H63N19O13/c47-27(15-37(68)69)38(70)59-28(8-9-35(48)66)39(71)62-32(13-25-18-53-21-57-25)43(75)65-34(16-36(49)67)44(76)64-33(14-26-19-54-22-58-26)42(74)61-30(11-23-5-2-1-3-6-23)40(72)63-31(12-24-17-52-20-56-24)41(73)60-29(45(77)78)7-4-10-55-46(50)51/h1-3,5-6,17-22,27-34H,4,7-16,47H2,(H2,48,66)(H2,49,67)(H,52,56)(H,53,57)(H,54,58)(H,59,70)(H,60,73)(H,61,74)(H,62,71)(H,63,72)(H,64,76)(H,65,75)(H,68,69)(H,77,78)(H4,50,51,55)/t27-,28-,29-,30-,31-,32-,33-,34-/m0/s1. The molecule has 0 radical (unpaired) electrons. The lowest BCUT2D eigenvalue weighted by atomic mass is 10.0. The summed E-state index contributed by atoms with van der Waals surface area (Å²) < 4.78 is 0. The Morgan fingerprint density at radius 3 is 1.31 bits per heavy atom. The zero-order chi connectivity index (χ0) is 57.3. The Kier molecular flexibility index (Phi) is 23.8. The molecule has 0 unspecified atom stereocenters. The quantitative estimate of drug-likeness (QED) is 0.0117. The van der Waals surface area contributed by atoms with Gasteiger partial charge in [-0.15, -0.1) is 0 Å². The van der Waals surface area contributed by atoms with Crippen molar-refractivity contribution in [1.82, 2.24) is 67.1 Å². The number of rotatable bonds is 34. The Bertz CT molecular complexity index is 2700. The summed E-state index contributed by atoms with van der Waals surface area (Å²) in [7, 11) is 0. The number of hydrogen-bond donors (Lipinski definition) is 17. The van der Waals surface area contributed by atoms with Crippen LogP contribution in [0.5, 0.6) is 0 Å². The lowest BCUT2D eigenvalue weighted by Crippen LogP contribution is -2.61. The van der Waals surface area contributed by atoms with E-state index in [4.69, 9.17) is 33.8 Å². The molecule has 0 fully saturated rings. The molecule has 78 heavy (non-hydrogen) atoms. The molecule has 0 saturated carbocycles. The average Bonchev–Trinajstić information content (AvgIpc) is 4.21. The van der Waals surface area contributed by atoms with Crippen LogP contribution in [0, 0.1) is 0 Å². The van der Waals surface area contributed by atoms with E-state index in [9.17, 15) is 57.8 Å². The molecule has 32 heteroatoms. The summed E-state index contributed by atoms with van der Waals surface area (Å²) in [5, 5.41) is 36.2. The number of hydrogen-bond acceptors (Lipinski definition) is 16. The van der Waals surface area contributed by atoms with Crippen LogP contribution in [-0.2, 0) is 78.4 Å². The minimum absolute atomic E-state index is 0.0642. The van der Waals surface area contributed by atoms with Crippen molar-refractivity contribution >= 4 is 71.1 Å². The van der Waals surface area contributed by atoms with Crippen molar-refractivity contribution in [2.75, 3.05) is 6.54 Å². The second kappa shape index (κ2) is 30.6. The number of H-pyrrole nitrogens is 3. The van der Waals surface area contributed by atoms with Gasteiger partial charge in [0.1, 0.15) is 42.3 Å². The van der Waals surface area contributed by atoms with Gasteiger partial charge >= 0.3 is 11.9 Å². The third kappa shape index (κ3) is 21.2. The summed E-state index contributed by atoms with van der Waals surface area (Å²) in [5.74, 6) is -12.3. The summed E-state index contributed by atoms with van der Waals surface area (Å²) in [6.45, 7) is 0.0642. The first-order valence-corrected chi connectivity index (χ1v) is 24.0. The number of aromatic amines is 3. The SMILES string of the molecule is NC(=O)CC[C@H](NC(=O)[C@@H](N)CC(=O)O)C(=O)N[C@@H](Cc1cnc[nH]1)C(=O)N[C@@H](CC(N)=O)C(=O)N[C@@H](Cc1cnc[nH]1)C(=O)N[C@@H](Cc1ccccc1)C(=O)N[C@@H](Cc1cnc[nH]1)C(=O)N[C@@H](CCCN=C(N)N)C(=O)O. The number of benzene rings is 1. The van der Waals surface area contributed by atoms with Crippen molar-refractivity contribution in [3.63, 3.8) is 0 Å². The van der Waals surface area contributed by atoms with Crippen LogP contribution >= 0.6 is 0 Å². The molecule has 4 aromatic rings. The smallest absolute Gasteiger partial charge is 0.326 e. The molecule has 22 N–H and O–H groups in total. The number of imidazole rings is 3. The molecule has 0 saturated heterocycles. The van der Waals surface area contributed by atoms with E-state index in [1.165, 1.54) is 37.6 Å². The first-order valence-electron chi connectivity index (χ1n) is 24.0. The van der Waals surface area contributed by atoms with Crippen LogP contribution in [-0.4, -0.2) is 166 Å². The highest BCUT2D eigenvalue weighted by molar-refractivity contribution is 5.99. The number of nitrogens with one attached hydrogen (secondary N) is 10. The van der Waals surface area contributed by atoms with Gasteiger partial charge in [-0.3, -0.25) is 52.9 Å². The van der Waals surface area contributed by atoms with Gasteiger partial charge in [0.15, 0.2) is 5.96 Å². The maximum Gasteiger partial charge on any atom is 0.326 e. The Hall–Kier alpha value is -9.75. The van der Waals surface area contributed by atoms with Crippen molar-refractivity contribution in [2.24, 2.45) is 33.7 Å². The third-order valence-corrected chi connectivity index (χ3v) is 11.4. The number of primary amides is 2. The van der Waals surface area contributed by atoms with Gasteiger partial charge in [-0.05, 0) is 24.8 Å². The molecule has 3 aromatic heterocycles. The molecule has 0 aliphatic heterocycles. The van der Waals surface area contributed by atoms with E-state index in [1.807, 2.05) is 0 Å². The maximum absolute atomic E-state index is 14.5. The first-order chi connectivity index (χ1) is 37.1. The summed E-state index contributed by atoms with van der Waals surface area (Å²) >= 11 is 0. The predicted octanol–water partition coefficient (Wildman–Crippen LogP) is -6.40. The average molecular weight is 1090 g/mol. The molecule has 3 heterocycles. The Morgan fingerprint density at radius 2 is 0.910 bits per heavy atom. The molecule has 32 nitrogen and oxygen atoms in total. The number of guanidine groups is 1. The number of amides is 9. The van der Waals surface area contributed by atoms with Gasteiger partial charge in [0.05, 0.1) is 37.9 Å². The fourth-order valence-corrected chi connectivity index (χ4v) is 7.46. The monoisotopic (exact) mass is 1090 g/mol. The number of nitrogens with zero attached hydrogens (tertiary/aromatic N) is 4. The summed E-state index contributed by atoms with van der Waals surface area (Å²) in [5.41, 5.74) is 28.7. The molecular formula is C46H63N19O13. The molecule has 0 aliphatic carbocycles. The van der Waals surface area contributed by atoms with Crippen LogP contribution in [0.3, 0.4) is 0 Å². The van der Waals surface area contributed by atoms with Gasteiger partial charge < -0.3 is 91.1 Å². The number of carboxylic acid groups (broad SMARTS) is 2. The van der Waals surface area contributed by atoms with Crippen molar-refractivity contribution in [3.8, 4) is 0 Å². The summed E-state index contributed by atoms with van der Waals surface area (Å²) in [6, 6.07) is -4.43. The van der Waals surface area contributed by atoms with Gasteiger partial charge in [0, 0.05) is 74.3 Å². The molecule has 420 valence electrons. The first kappa shape index (κ1) is 60.8. The Labute approximate surface area is 443 Å². The van der Waals surface area contributed by atoms with E-state index >= 15 is 0 Å². The second-order valence-corrected chi connectivity index (χ2v) is 17.6. The normalized spacial score (nSPS) is 14.0. The number of aliphatic carboxylic acids is 2. The van der Waals surface area contributed by atoms with Crippen LogP contribution in [0.15, 0.2) is 72.9 Å². The van der Waals surface area contributed by atoms with E-state index in [-0.39, 0.29) is 62.4 Å². The van der Waals surface area contributed by atoms with Crippen LogP contribution in [0.2, 0.25) is 0 Å². The minimum Gasteiger partial charge on any atom is -0.481 e. The largest absolute Gasteiger partial charge is 0.481 e. The molecular weight excluding hydrogens is 1030 g/mol. The van der Waals surface area contributed by atoms with Gasteiger partial charge in [-0.2, -0.15) is 0 Å². The van der Waals surface area contributed by atoms with Gasteiger partial charge in [-0.1, -0.05) is 30.3 Å². The van der Waals surface area contributed by atoms with Crippen LogP contribution < -0.4 is 65.9 Å². The lowest BCUT2D eigenvalue weighted by Gasteiger charge is -2.27. The van der Waals surface area contributed by atoms with Crippen molar-refractivity contribution in [3.05, 3.63) is 90.5 Å². The Morgan fingerprint density at radius 1 is 0.500 bits per heavy atom.